The Bertz CT molecular complexity index is 597. The van der Waals surface area contributed by atoms with E-state index in [0.717, 1.165) is 24.3 Å². The molecule has 0 unspecified atom stereocenters. The molecule has 0 amide bonds. The summed E-state index contributed by atoms with van der Waals surface area (Å²) in [5.74, 6) is 0.882. The van der Waals surface area contributed by atoms with Gasteiger partial charge in [-0.05, 0) is 42.8 Å². The zero-order valence-electron chi connectivity index (χ0n) is 8.96. The molecule has 1 aromatic heterocycles. The van der Waals surface area contributed by atoms with Crippen LogP contribution in [0.3, 0.4) is 0 Å². The number of aromatic nitrogens is 2. The molecular weight excluding hydrogens is 220 g/mol. The van der Waals surface area contributed by atoms with Gasteiger partial charge in [0.1, 0.15) is 5.75 Å². The normalized spacial score (nSPS) is 13.1. The fourth-order valence-corrected chi connectivity index (χ4v) is 2.46. The maximum Gasteiger partial charge on any atom is 0.175 e. The molecule has 0 aliphatic heterocycles. The van der Waals surface area contributed by atoms with Crippen molar-refractivity contribution in [1.82, 2.24) is 9.97 Å². The summed E-state index contributed by atoms with van der Waals surface area (Å²) >= 11 is 5.13. The molecule has 1 aromatic carbocycles. The summed E-state index contributed by atoms with van der Waals surface area (Å²) in [6, 6.07) is 6.19. The number of aryl methyl sites for hydroxylation is 2. The Hall–Kier alpha value is -1.55. The van der Waals surface area contributed by atoms with Crippen molar-refractivity contribution in [3.05, 3.63) is 34.2 Å². The average molecular weight is 232 g/mol. The molecule has 3 rings (SSSR count). The highest BCUT2D eigenvalue weighted by atomic mass is 32.1. The SMILES string of the molecule is COc1ccc2c(c1)-c1[nH]c(=S)[nH]c1CC2. The molecule has 0 bridgehead atoms. The first-order chi connectivity index (χ1) is 7.78. The molecular formula is C12H12N2OS. The maximum absolute atomic E-state index is 5.25. The van der Waals surface area contributed by atoms with Crippen molar-refractivity contribution in [3.63, 3.8) is 0 Å². The topological polar surface area (TPSA) is 40.8 Å². The van der Waals surface area contributed by atoms with Gasteiger partial charge in [0.15, 0.2) is 4.77 Å². The number of hydrogen-bond donors (Lipinski definition) is 2. The lowest BCUT2D eigenvalue weighted by molar-refractivity contribution is 0.415. The van der Waals surface area contributed by atoms with Crippen LogP contribution < -0.4 is 4.74 Å². The fourth-order valence-electron chi connectivity index (χ4n) is 2.23. The molecule has 0 saturated carbocycles. The van der Waals surface area contributed by atoms with Gasteiger partial charge in [-0.3, -0.25) is 0 Å². The van der Waals surface area contributed by atoms with Crippen molar-refractivity contribution < 1.29 is 4.74 Å². The lowest BCUT2D eigenvalue weighted by Crippen LogP contribution is -2.03. The van der Waals surface area contributed by atoms with Crippen molar-refractivity contribution in [2.24, 2.45) is 0 Å². The molecule has 4 heteroatoms. The highest BCUT2D eigenvalue weighted by Gasteiger charge is 2.18. The second-order valence-electron chi connectivity index (χ2n) is 3.96. The minimum absolute atomic E-state index is 0.695. The summed E-state index contributed by atoms with van der Waals surface area (Å²) in [7, 11) is 1.69. The molecule has 2 aromatic rings. The number of hydrogen-bond acceptors (Lipinski definition) is 2. The van der Waals surface area contributed by atoms with E-state index in [1.807, 2.05) is 6.07 Å². The molecule has 0 spiro atoms. The number of H-pyrrole nitrogens is 2. The van der Waals surface area contributed by atoms with E-state index in [1.165, 1.54) is 16.8 Å². The molecule has 1 aliphatic carbocycles. The van der Waals surface area contributed by atoms with Gasteiger partial charge < -0.3 is 14.7 Å². The Labute approximate surface area is 98.5 Å². The van der Waals surface area contributed by atoms with Gasteiger partial charge in [0, 0.05) is 11.3 Å². The van der Waals surface area contributed by atoms with E-state index in [0.29, 0.717) is 4.77 Å². The molecule has 82 valence electrons. The van der Waals surface area contributed by atoms with Gasteiger partial charge in [0.25, 0.3) is 0 Å². The smallest absolute Gasteiger partial charge is 0.175 e. The van der Waals surface area contributed by atoms with Crippen LogP contribution in [0.25, 0.3) is 11.3 Å². The quantitative estimate of drug-likeness (QED) is 0.742. The predicted octanol–water partition coefficient (Wildman–Crippen LogP) is 2.85. The molecule has 0 saturated heterocycles. The van der Waals surface area contributed by atoms with Gasteiger partial charge in [0.05, 0.1) is 12.8 Å². The van der Waals surface area contributed by atoms with Gasteiger partial charge in [-0.25, -0.2) is 0 Å². The first kappa shape index (κ1) is 9.66. The van der Waals surface area contributed by atoms with E-state index in [2.05, 4.69) is 22.1 Å². The van der Waals surface area contributed by atoms with Crippen LogP contribution in [0.15, 0.2) is 18.2 Å². The third kappa shape index (κ3) is 1.38. The summed E-state index contributed by atoms with van der Waals surface area (Å²) in [6.07, 6.45) is 2.07. The molecule has 0 atom stereocenters. The van der Waals surface area contributed by atoms with E-state index >= 15 is 0 Å². The molecule has 3 nitrogen and oxygen atoms in total. The number of ether oxygens (including phenoxy) is 1. The summed E-state index contributed by atoms with van der Waals surface area (Å²) in [5, 5.41) is 0. The standard InChI is InChI=1S/C12H12N2OS/c1-15-8-4-2-7-3-5-10-11(9(7)6-8)14-12(16)13-10/h2,4,6H,3,5H2,1H3,(H2,13,14,16). The number of rotatable bonds is 1. The van der Waals surface area contributed by atoms with E-state index in [4.69, 9.17) is 17.0 Å². The zero-order valence-corrected chi connectivity index (χ0v) is 9.78. The van der Waals surface area contributed by atoms with Gasteiger partial charge in [-0.2, -0.15) is 0 Å². The fraction of sp³-hybridized carbons (Fsp3) is 0.250. The van der Waals surface area contributed by atoms with Crippen molar-refractivity contribution in [2.45, 2.75) is 12.8 Å². The average Bonchev–Trinajstić information content (AvgIpc) is 2.69. The van der Waals surface area contributed by atoms with Crippen molar-refractivity contribution in [2.75, 3.05) is 7.11 Å². The number of aromatic amines is 2. The molecule has 1 aliphatic rings. The molecule has 2 N–H and O–H groups in total. The van der Waals surface area contributed by atoms with Crippen LogP contribution in [-0.2, 0) is 12.8 Å². The Morgan fingerprint density at radius 1 is 1.25 bits per heavy atom. The third-order valence-electron chi connectivity index (χ3n) is 3.04. The summed E-state index contributed by atoms with van der Waals surface area (Å²) in [4.78, 5) is 6.40. The number of fused-ring (bicyclic) bond motifs is 3. The van der Waals surface area contributed by atoms with Crippen LogP contribution in [0.1, 0.15) is 11.3 Å². The zero-order chi connectivity index (χ0) is 11.1. The minimum Gasteiger partial charge on any atom is -0.497 e. The predicted molar refractivity (Wildman–Crippen MR) is 65.4 cm³/mol. The number of methoxy groups -OCH3 is 1. The third-order valence-corrected chi connectivity index (χ3v) is 3.24. The van der Waals surface area contributed by atoms with Crippen LogP contribution in [0.5, 0.6) is 5.75 Å². The second kappa shape index (κ2) is 3.49. The Kier molecular flexibility index (Phi) is 2.11. The largest absolute Gasteiger partial charge is 0.497 e. The second-order valence-corrected chi connectivity index (χ2v) is 4.36. The maximum atomic E-state index is 5.25. The van der Waals surface area contributed by atoms with Gasteiger partial charge in [-0.1, -0.05) is 6.07 Å². The molecule has 0 radical (unpaired) electrons. The highest BCUT2D eigenvalue weighted by Crippen LogP contribution is 2.33. The van der Waals surface area contributed by atoms with Crippen LogP contribution in [0.4, 0.5) is 0 Å². The van der Waals surface area contributed by atoms with Gasteiger partial charge >= 0.3 is 0 Å². The van der Waals surface area contributed by atoms with Crippen LogP contribution in [-0.4, -0.2) is 17.1 Å². The van der Waals surface area contributed by atoms with Gasteiger partial charge in [0.2, 0.25) is 0 Å². The van der Waals surface area contributed by atoms with Crippen LogP contribution >= 0.6 is 12.2 Å². The highest BCUT2D eigenvalue weighted by molar-refractivity contribution is 7.71. The monoisotopic (exact) mass is 232 g/mol. The summed E-state index contributed by atoms with van der Waals surface area (Å²) < 4.78 is 5.95. The van der Waals surface area contributed by atoms with E-state index < -0.39 is 0 Å². The number of benzene rings is 1. The molecule has 16 heavy (non-hydrogen) atoms. The Balaban J connectivity index is 2.25. The first-order valence-corrected chi connectivity index (χ1v) is 5.67. The Morgan fingerprint density at radius 2 is 2.12 bits per heavy atom. The van der Waals surface area contributed by atoms with E-state index in [9.17, 15) is 0 Å². The first-order valence-electron chi connectivity index (χ1n) is 5.26. The Morgan fingerprint density at radius 3 is 2.94 bits per heavy atom. The summed E-state index contributed by atoms with van der Waals surface area (Å²) in [6.45, 7) is 0. The number of imidazole rings is 1. The van der Waals surface area contributed by atoms with E-state index in [1.54, 1.807) is 7.11 Å². The van der Waals surface area contributed by atoms with Crippen molar-refractivity contribution in [3.8, 4) is 17.0 Å². The van der Waals surface area contributed by atoms with Crippen molar-refractivity contribution >= 4 is 12.2 Å². The van der Waals surface area contributed by atoms with Crippen molar-refractivity contribution in [1.29, 1.82) is 0 Å². The van der Waals surface area contributed by atoms with Crippen LogP contribution in [0, 0.1) is 4.77 Å². The van der Waals surface area contributed by atoms with E-state index in [-0.39, 0.29) is 0 Å². The van der Waals surface area contributed by atoms with Gasteiger partial charge in [-0.15, -0.1) is 0 Å². The lowest BCUT2D eigenvalue weighted by Gasteiger charge is -2.16. The minimum atomic E-state index is 0.695. The summed E-state index contributed by atoms with van der Waals surface area (Å²) in [5.41, 5.74) is 4.86. The molecule has 0 fully saturated rings. The van der Waals surface area contributed by atoms with Crippen LogP contribution in [0.2, 0.25) is 0 Å². The number of nitrogens with one attached hydrogen (secondary N) is 2. The molecule has 1 heterocycles. The lowest BCUT2D eigenvalue weighted by atomic mass is 9.92.